The van der Waals surface area contributed by atoms with E-state index in [1.807, 2.05) is 42.5 Å². The molecule has 0 radical (unpaired) electrons. The lowest BCUT2D eigenvalue weighted by Crippen LogP contribution is -2.53. The summed E-state index contributed by atoms with van der Waals surface area (Å²) in [6.07, 6.45) is 2.05. The van der Waals surface area contributed by atoms with Crippen LogP contribution in [0.5, 0.6) is 5.75 Å². The first kappa shape index (κ1) is 24.3. The third-order valence-corrected chi connectivity index (χ3v) is 6.27. The summed E-state index contributed by atoms with van der Waals surface area (Å²) in [5, 5.41) is 8.50. The lowest BCUT2D eigenvalue weighted by atomic mass is 9.98. The summed E-state index contributed by atoms with van der Waals surface area (Å²) >= 11 is 0. The molecule has 1 fully saturated rings. The maximum absolute atomic E-state index is 13.1. The molecule has 35 heavy (non-hydrogen) atoms. The second kappa shape index (κ2) is 11.1. The molecule has 1 saturated heterocycles. The summed E-state index contributed by atoms with van der Waals surface area (Å²) in [4.78, 5) is 39.5. The number of nitrogens with one attached hydrogen (secondary N) is 3. The highest BCUT2D eigenvalue weighted by molar-refractivity contribution is 6.35. The van der Waals surface area contributed by atoms with E-state index in [0.717, 1.165) is 37.1 Å². The van der Waals surface area contributed by atoms with Crippen molar-refractivity contribution in [2.75, 3.05) is 31.6 Å². The minimum atomic E-state index is -0.998. The monoisotopic (exact) mass is 474 g/mol. The number of likely N-dealkylation sites (N-methyl/N-ethyl adjacent to an activating group) is 1. The van der Waals surface area contributed by atoms with Crippen LogP contribution in [0.2, 0.25) is 0 Å². The van der Waals surface area contributed by atoms with Crippen LogP contribution >= 0.6 is 0 Å². The second-order valence-corrected chi connectivity index (χ2v) is 8.82. The molecule has 0 saturated carbocycles. The lowest BCUT2D eigenvalue weighted by molar-refractivity contribution is -0.141. The zero-order valence-corrected chi connectivity index (χ0v) is 20.0. The summed E-state index contributed by atoms with van der Waals surface area (Å²) in [6.45, 7) is 3.66. The lowest BCUT2D eigenvalue weighted by Gasteiger charge is -2.21. The molecule has 2 aliphatic heterocycles. The number of carbonyl (C=O) groups is 3. The number of carbonyl (C=O) groups excluding carboxylic acids is 3. The highest BCUT2D eigenvalue weighted by Crippen LogP contribution is 2.31. The van der Waals surface area contributed by atoms with Crippen LogP contribution < -0.4 is 25.6 Å². The highest BCUT2D eigenvalue weighted by Gasteiger charge is 2.32. The van der Waals surface area contributed by atoms with Gasteiger partial charge < -0.3 is 25.6 Å². The Morgan fingerprint density at radius 1 is 1.11 bits per heavy atom. The standard InChI is InChI=1S/C27H30N4O4/c1-18(21-6-4-3-5-7-21)29-25(32)26(33)30-22-17-35-24-11-10-20(16-23(24)31(2)27(22)34)9-8-19-12-14-28-15-13-19/h3-7,10-11,16,18-19,22,28H,12-15,17H2,1-2H3,(H,29,32)(H,30,33)/t18-,22+/m1/s1. The maximum atomic E-state index is 13.1. The number of amides is 3. The van der Waals surface area contributed by atoms with E-state index >= 15 is 0 Å². The molecule has 8 heteroatoms. The molecule has 2 aliphatic rings. The Morgan fingerprint density at radius 3 is 2.60 bits per heavy atom. The first-order valence-corrected chi connectivity index (χ1v) is 11.9. The fourth-order valence-corrected chi connectivity index (χ4v) is 4.14. The average Bonchev–Trinajstić information content (AvgIpc) is 3.00. The molecule has 0 aromatic heterocycles. The van der Waals surface area contributed by atoms with E-state index in [1.165, 1.54) is 4.90 Å². The van der Waals surface area contributed by atoms with Gasteiger partial charge in [-0.05, 0) is 56.6 Å². The molecule has 2 atom stereocenters. The molecular weight excluding hydrogens is 444 g/mol. The molecule has 4 rings (SSSR count). The summed E-state index contributed by atoms with van der Waals surface area (Å²) in [5.74, 6) is 5.36. The number of rotatable bonds is 3. The summed E-state index contributed by atoms with van der Waals surface area (Å²) in [7, 11) is 1.62. The van der Waals surface area contributed by atoms with Crippen LogP contribution in [0.4, 0.5) is 5.69 Å². The summed E-state index contributed by atoms with van der Waals surface area (Å²) < 4.78 is 5.82. The minimum Gasteiger partial charge on any atom is -0.489 e. The van der Waals surface area contributed by atoms with E-state index in [0.29, 0.717) is 17.4 Å². The molecule has 0 aliphatic carbocycles. The second-order valence-electron chi connectivity index (χ2n) is 8.82. The quantitative estimate of drug-likeness (QED) is 0.465. The van der Waals surface area contributed by atoms with E-state index in [2.05, 4.69) is 27.8 Å². The van der Waals surface area contributed by atoms with Crippen LogP contribution in [-0.4, -0.2) is 50.5 Å². The number of benzene rings is 2. The van der Waals surface area contributed by atoms with Crippen molar-refractivity contribution in [2.45, 2.75) is 31.8 Å². The molecule has 3 amide bonds. The van der Waals surface area contributed by atoms with Gasteiger partial charge in [0.2, 0.25) is 0 Å². The van der Waals surface area contributed by atoms with Crippen LogP contribution in [0.1, 0.15) is 36.9 Å². The van der Waals surface area contributed by atoms with E-state index in [1.54, 1.807) is 20.0 Å². The molecular formula is C27H30N4O4. The fraction of sp³-hybridized carbons (Fsp3) is 0.370. The fourth-order valence-electron chi connectivity index (χ4n) is 4.14. The number of hydrogen-bond acceptors (Lipinski definition) is 5. The number of fused-ring (bicyclic) bond motifs is 1. The molecule has 3 N–H and O–H groups in total. The molecule has 0 spiro atoms. The number of anilines is 1. The van der Waals surface area contributed by atoms with E-state index in [4.69, 9.17) is 4.74 Å². The zero-order chi connectivity index (χ0) is 24.8. The normalized spacial score (nSPS) is 18.7. The van der Waals surface area contributed by atoms with Crippen molar-refractivity contribution in [2.24, 2.45) is 5.92 Å². The van der Waals surface area contributed by atoms with Crippen LogP contribution in [0, 0.1) is 17.8 Å². The predicted octanol–water partition coefficient (Wildman–Crippen LogP) is 1.76. The summed E-state index contributed by atoms with van der Waals surface area (Å²) in [6, 6.07) is 13.4. The third-order valence-electron chi connectivity index (χ3n) is 6.27. The van der Waals surface area contributed by atoms with Crippen molar-refractivity contribution in [1.82, 2.24) is 16.0 Å². The Morgan fingerprint density at radius 2 is 1.86 bits per heavy atom. The van der Waals surface area contributed by atoms with Crippen molar-refractivity contribution in [3.63, 3.8) is 0 Å². The Kier molecular flexibility index (Phi) is 7.68. The summed E-state index contributed by atoms with van der Waals surface area (Å²) in [5.41, 5.74) is 2.24. The number of hydrogen-bond donors (Lipinski definition) is 3. The first-order valence-electron chi connectivity index (χ1n) is 11.9. The number of piperidine rings is 1. The van der Waals surface area contributed by atoms with Gasteiger partial charge in [-0.25, -0.2) is 0 Å². The molecule has 182 valence electrons. The van der Waals surface area contributed by atoms with E-state index in [9.17, 15) is 14.4 Å². The SMILES string of the molecule is C[C@@H](NC(=O)C(=O)N[C@H]1COc2ccc(C#CC3CCNCC3)cc2N(C)C1=O)c1ccccc1. The Labute approximate surface area is 205 Å². The van der Waals surface area contributed by atoms with Crippen LogP contribution in [0.25, 0.3) is 0 Å². The van der Waals surface area contributed by atoms with Gasteiger partial charge in [-0.3, -0.25) is 14.4 Å². The van der Waals surface area contributed by atoms with Gasteiger partial charge in [0.1, 0.15) is 18.4 Å². The predicted molar refractivity (Wildman–Crippen MR) is 133 cm³/mol. The van der Waals surface area contributed by atoms with Gasteiger partial charge in [0.05, 0.1) is 11.7 Å². The highest BCUT2D eigenvalue weighted by atomic mass is 16.5. The largest absolute Gasteiger partial charge is 0.489 e. The molecule has 2 aromatic rings. The molecule has 2 aromatic carbocycles. The minimum absolute atomic E-state index is 0.0798. The molecule has 0 bridgehead atoms. The molecule has 0 unspecified atom stereocenters. The van der Waals surface area contributed by atoms with Crippen molar-refractivity contribution in [3.05, 3.63) is 59.7 Å². The average molecular weight is 475 g/mol. The van der Waals surface area contributed by atoms with Gasteiger partial charge in [-0.15, -0.1) is 0 Å². The van der Waals surface area contributed by atoms with Gasteiger partial charge in [0, 0.05) is 18.5 Å². The zero-order valence-electron chi connectivity index (χ0n) is 20.0. The number of ether oxygens (including phenoxy) is 1. The van der Waals surface area contributed by atoms with Crippen LogP contribution in [0.3, 0.4) is 0 Å². The Hall–Kier alpha value is -3.83. The van der Waals surface area contributed by atoms with Gasteiger partial charge in [-0.1, -0.05) is 42.2 Å². The van der Waals surface area contributed by atoms with Crippen LogP contribution in [0.15, 0.2) is 48.5 Å². The Bertz CT molecular complexity index is 1150. The van der Waals surface area contributed by atoms with Gasteiger partial charge in [0.25, 0.3) is 5.91 Å². The maximum Gasteiger partial charge on any atom is 0.310 e. The van der Waals surface area contributed by atoms with Gasteiger partial charge in [0.15, 0.2) is 0 Å². The van der Waals surface area contributed by atoms with Crippen molar-refractivity contribution >= 4 is 23.4 Å². The smallest absolute Gasteiger partial charge is 0.310 e. The Balaban J connectivity index is 1.40. The van der Waals surface area contributed by atoms with Gasteiger partial charge in [-0.2, -0.15) is 0 Å². The van der Waals surface area contributed by atoms with Crippen LogP contribution in [-0.2, 0) is 14.4 Å². The molecule has 8 nitrogen and oxygen atoms in total. The van der Waals surface area contributed by atoms with Crippen molar-refractivity contribution in [1.29, 1.82) is 0 Å². The number of nitrogens with zero attached hydrogens (tertiary/aromatic N) is 1. The van der Waals surface area contributed by atoms with E-state index in [-0.39, 0.29) is 18.6 Å². The third kappa shape index (κ3) is 6.00. The van der Waals surface area contributed by atoms with Crippen molar-refractivity contribution in [3.8, 4) is 17.6 Å². The van der Waals surface area contributed by atoms with E-state index < -0.39 is 17.9 Å². The first-order chi connectivity index (χ1) is 16.9. The van der Waals surface area contributed by atoms with Crippen molar-refractivity contribution < 1.29 is 19.1 Å². The topological polar surface area (TPSA) is 99.8 Å². The molecule has 2 heterocycles. The van der Waals surface area contributed by atoms with Gasteiger partial charge >= 0.3 is 11.8 Å².